The van der Waals surface area contributed by atoms with E-state index in [4.69, 9.17) is 11.5 Å². The topological polar surface area (TPSA) is 84.3 Å². The SMILES string of the molecule is CC(N)Cc1ccc(Nc2ccc(N)cc2)cc1O. The maximum absolute atomic E-state index is 9.95. The third-order valence-electron chi connectivity index (χ3n) is 2.83. The molecule has 100 valence electrons. The molecule has 19 heavy (non-hydrogen) atoms. The molecule has 4 nitrogen and oxygen atoms in total. The second-order valence-electron chi connectivity index (χ2n) is 4.77. The van der Waals surface area contributed by atoms with E-state index in [2.05, 4.69) is 5.32 Å². The smallest absolute Gasteiger partial charge is 0.120 e. The van der Waals surface area contributed by atoms with Crippen molar-refractivity contribution in [1.82, 2.24) is 0 Å². The van der Waals surface area contributed by atoms with E-state index in [1.165, 1.54) is 0 Å². The van der Waals surface area contributed by atoms with Crippen molar-refractivity contribution in [2.24, 2.45) is 5.73 Å². The number of nitrogens with two attached hydrogens (primary N) is 2. The van der Waals surface area contributed by atoms with Crippen LogP contribution in [0.3, 0.4) is 0 Å². The van der Waals surface area contributed by atoms with E-state index >= 15 is 0 Å². The molecule has 2 rings (SSSR count). The quantitative estimate of drug-likeness (QED) is 0.634. The van der Waals surface area contributed by atoms with E-state index < -0.39 is 0 Å². The number of rotatable bonds is 4. The molecule has 2 aromatic carbocycles. The van der Waals surface area contributed by atoms with E-state index in [-0.39, 0.29) is 11.8 Å². The van der Waals surface area contributed by atoms with Crippen molar-refractivity contribution < 1.29 is 5.11 Å². The van der Waals surface area contributed by atoms with Gasteiger partial charge in [0, 0.05) is 29.2 Å². The predicted molar refractivity (Wildman–Crippen MR) is 79.6 cm³/mol. The van der Waals surface area contributed by atoms with Gasteiger partial charge in [-0.25, -0.2) is 0 Å². The van der Waals surface area contributed by atoms with E-state index in [0.717, 1.165) is 22.6 Å². The van der Waals surface area contributed by atoms with Gasteiger partial charge in [-0.3, -0.25) is 0 Å². The monoisotopic (exact) mass is 257 g/mol. The molecule has 6 N–H and O–H groups in total. The third-order valence-corrected chi connectivity index (χ3v) is 2.83. The first-order valence-corrected chi connectivity index (χ1v) is 6.24. The molecule has 0 saturated heterocycles. The van der Waals surface area contributed by atoms with Gasteiger partial charge in [0.25, 0.3) is 0 Å². The first-order valence-electron chi connectivity index (χ1n) is 6.24. The Kier molecular flexibility index (Phi) is 3.92. The highest BCUT2D eigenvalue weighted by molar-refractivity contribution is 5.63. The van der Waals surface area contributed by atoms with E-state index in [0.29, 0.717) is 6.42 Å². The van der Waals surface area contributed by atoms with Crippen molar-refractivity contribution in [1.29, 1.82) is 0 Å². The van der Waals surface area contributed by atoms with Gasteiger partial charge in [0.05, 0.1) is 0 Å². The third kappa shape index (κ3) is 3.63. The number of aromatic hydroxyl groups is 1. The lowest BCUT2D eigenvalue weighted by Gasteiger charge is -2.11. The van der Waals surface area contributed by atoms with E-state index in [1.54, 1.807) is 6.07 Å². The van der Waals surface area contributed by atoms with E-state index in [9.17, 15) is 5.11 Å². The lowest BCUT2D eigenvalue weighted by atomic mass is 10.1. The second kappa shape index (κ2) is 5.63. The highest BCUT2D eigenvalue weighted by atomic mass is 16.3. The van der Waals surface area contributed by atoms with Crippen molar-refractivity contribution in [3.8, 4) is 5.75 Å². The molecule has 0 heterocycles. The summed E-state index contributed by atoms with van der Waals surface area (Å²) in [5.74, 6) is 0.262. The highest BCUT2D eigenvalue weighted by Crippen LogP contribution is 2.25. The van der Waals surface area contributed by atoms with E-state index in [1.807, 2.05) is 43.3 Å². The van der Waals surface area contributed by atoms with Crippen LogP contribution in [-0.4, -0.2) is 11.1 Å². The minimum atomic E-state index is 0.0295. The van der Waals surface area contributed by atoms with Crippen molar-refractivity contribution >= 4 is 17.1 Å². The van der Waals surface area contributed by atoms with Crippen LogP contribution in [-0.2, 0) is 6.42 Å². The largest absolute Gasteiger partial charge is 0.508 e. The predicted octanol–water partition coefficient (Wildman–Crippen LogP) is 2.61. The van der Waals surface area contributed by atoms with Crippen LogP contribution in [0.1, 0.15) is 12.5 Å². The van der Waals surface area contributed by atoms with Crippen molar-refractivity contribution in [2.45, 2.75) is 19.4 Å². The Balaban J connectivity index is 2.13. The van der Waals surface area contributed by atoms with Gasteiger partial charge < -0.3 is 21.9 Å². The second-order valence-corrected chi connectivity index (χ2v) is 4.77. The van der Waals surface area contributed by atoms with Gasteiger partial charge in [0.2, 0.25) is 0 Å². The van der Waals surface area contributed by atoms with Gasteiger partial charge in [-0.2, -0.15) is 0 Å². The van der Waals surface area contributed by atoms with Gasteiger partial charge in [-0.15, -0.1) is 0 Å². The Hall–Kier alpha value is -2.20. The minimum Gasteiger partial charge on any atom is -0.508 e. The number of hydrogen-bond donors (Lipinski definition) is 4. The van der Waals surface area contributed by atoms with Crippen LogP contribution in [0, 0.1) is 0 Å². The zero-order chi connectivity index (χ0) is 13.8. The molecule has 0 aliphatic carbocycles. The van der Waals surface area contributed by atoms with Crippen LogP contribution >= 0.6 is 0 Å². The molecule has 1 atom stereocenters. The summed E-state index contributed by atoms with van der Waals surface area (Å²) in [5.41, 5.74) is 14.7. The number of hydrogen-bond acceptors (Lipinski definition) is 4. The van der Waals surface area contributed by atoms with Gasteiger partial charge >= 0.3 is 0 Å². The average Bonchev–Trinajstić information content (AvgIpc) is 2.35. The zero-order valence-electron chi connectivity index (χ0n) is 10.9. The molecule has 2 aromatic rings. The fourth-order valence-corrected chi connectivity index (χ4v) is 1.89. The van der Waals surface area contributed by atoms with Crippen LogP contribution in [0.15, 0.2) is 42.5 Å². The summed E-state index contributed by atoms with van der Waals surface area (Å²) < 4.78 is 0. The number of nitrogens with one attached hydrogen (secondary N) is 1. The molecule has 0 aliphatic rings. The van der Waals surface area contributed by atoms with Gasteiger partial charge in [-0.1, -0.05) is 6.07 Å². The Morgan fingerprint density at radius 2 is 1.74 bits per heavy atom. The van der Waals surface area contributed by atoms with Crippen LogP contribution in [0.2, 0.25) is 0 Å². The lowest BCUT2D eigenvalue weighted by Crippen LogP contribution is -2.17. The standard InChI is InChI=1S/C15H19N3O/c1-10(16)8-11-2-5-14(9-15(11)19)18-13-6-3-12(17)4-7-13/h2-7,9-10,18-19H,8,16-17H2,1H3. The number of phenolic OH excluding ortho intramolecular Hbond substituents is 1. The normalized spacial score (nSPS) is 12.1. The molecule has 0 fully saturated rings. The lowest BCUT2D eigenvalue weighted by molar-refractivity contribution is 0.466. The molecule has 0 aliphatic heterocycles. The summed E-state index contributed by atoms with van der Waals surface area (Å²) in [4.78, 5) is 0. The molecule has 4 heteroatoms. The molecule has 0 amide bonds. The molecule has 0 aromatic heterocycles. The summed E-state index contributed by atoms with van der Waals surface area (Å²) in [6, 6.07) is 13.0. The van der Waals surface area contributed by atoms with Crippen molar-refractivity contribution in [3.05, 3.63) is 48.0 Å². The Labute approximate surface area is 113 Å². The maximum atomic E-state index is 9.95. The first kappa shape index (κ1) is 13.2. The Bertz CT molecular complexity index is 550. The molecular formula is C15H19N3O. The molecule has 1 unspecified atom stereocenters. The molecule has 0 radical (unpaired) electrons. The van der Waals surface area contributed by atoms with Crippen LogP contribution < -0.4 is 16.8 Å². The maximum Gasteiger partial charge on any atom is 0.120 e. The van der Waals surface area contributed by atoms with Gasteiger partial charge in [0.15, 0.2) is 0 Å². The summed E-state index contributed by atoms with van der Waals surface area (Å²) in [6.07, 6.45) is 0.661. The fourth-order valence-electron chi connectivity index (χ4n) is 1.89. The summed E-state index contributed by atoms with van der Waals surface area (Å²) >= 11 is 0. The average molecular weight is 257 g/mol. The number of phenols is 1. The van der Waals surface area contributed by atoms with Gasteiger partial charge in [-0.05, 0) is 49.2 Å². The molecule has 0 spiro atoms. The van der Waals surface area contributed by atoms with Crippen LogP contribution in [0.25, 0.3) is 0 Å². The highest BCUT2D eigenvalue weighted by Gasteiger charge is 2.05. The van der Waals surface area contributed by atoms with Crippen LogP contribution in [0.5, 0.6) is 5.75 Å². The van der Waals surface area contributed by atoms with Gasteiger partial charge in [0.1, 0.15) is 5.75 Å². The molecule has 0 bridgehead atoms. The fraction of sp³-hybridized carbons (Fsp3) is 0.200. The summed E-state index contributed by atoms with van der Waals surface area (Å²) in [6.45, 7) is 1.92. The minimum absolute atomic E-state index is 0.0295. The molecule has 0 saturated carbocycles. The number of nitrogen functional groups attached to an aromatic ring is 1. The molecular weight excluding hydrogens is 238 g/mol. The summed E-state index contributed by atoms with van der Waals surface area (Å²) in [7, 11) is 0. The Morgan fingerprint density at radius 3 is 2.32 bits per heavy atom. The summed E-state index contributed by atoms with van der Waals surface area (Å²) in [5, 5.41) is 13.2. The van der Waals surface area contributed by atoms with Crippen molar-refractivity contribution in [2.75, 3.05) is 11.1 Å². The zero-order valence-corrected chi connectivity index (χ0v) is 10.9. The number of benzene rings is 2. The Morgan fingerprint density at radius 1 is 1.11 bits per heavy atom. The first-order chi connectivity index (χ1) is 9.04. The number of anilines is 3. The van der Waals surface area contributed by atoms with Crippen LogP contribution in [0.4, 0.5) is 17.1 Å². The van der Waals surface area contributed by atoms with Crippen molar-refractivity contribution in [3.63, 3.8) is 0 Å².